The van der Waals surface area contributed by atoms with Crippen molar-refractivity contribution in [2.45, 2.75) is 12.5 Å². The summed E-state index contributed by atoms with van der Waals surface area (Å²) in [5.74, 6) is 0.532. The second kappa shape index (κ2) is 7.45. The average molecular weight is 285 g/mol. The van der Waals surface area contributed by atoms with E-state index < -0.39 is 0 Å². The highest BCUT2D eigenvalue weighted by molar-refractivity contribution is 5.94. The van der Waals surface area contributed by atoms with Gasteiger partial charge in [0, 0.05) is 17.7 Å². The first-order valence-corrected chi connectivity index (χ1v) is 6.86. The van der Waals surface area contributed by atoms with Gasteiger partial charge in [-0.15, -0.1) is 0 Å². The van der Waals surface area contributed by atoms with Crippen LogP contribution in [0.25, 0.3) is 0 Å². The second-order valence-corrected chi connectivity index (χ2v) is 4.65. The van der Waals surface area contributed by atoms with Gasteiger partial charge in [0.1, 0.15) is 5.75 Å². The molecule has 0 aliphatic rings. The number of methoxy groups -OCH3 is 1. The Morgan fingerprint density at radius 2 is 1.81 bits per heavy atom. The van der Waals surface area contributed by atoms with Gasteiger partial charge in [0.15, 0.2) is 0 Å². The lowest BCUT2D eigenvalue weighted by Crippen LogP contribution is -2.29. The first kappa shape index (κ1) is 15.1. The molecular formula is C17H19NO3. The first-order chi connectivity index (χ1) is 10.3. The van der Waals surface area contributed by atoms with Crippen LogP contribution in [0.1, 0.15) is 28.4 Å². The lowest BCUT2D eigenvalue weighted by atomic mass is 10.0. The molecule has 110 valence electrons. The fourth-order valence-electron chi connectivity index (χ4n) is 2.22. The number of benzene rings is 2. The zero-order chi connectivity index (χ0) is 15.1. The minimum absolute atomic E-state index is 0.0161. The Kier molecular flexibility index (Phi) is 5.35. The summed E-state index contributed by atoms with van der Waals surface area (Å²) < 4.78 is 5.33. The number of nitrogens with one attached hydrogen (secondary N) is 1. The van der Waals surface area contributed by atoms with Crippen LogP contribution in [0, 0.1) is 0 Å². The van der Waals surface area contributed by atoms with Crippen LogP contribution < -0.4 is 10.1 Å². The molecule has 1 unspecified atom stereocenters. The molecule has 21 heavy (non-hydrogen) atoms. The Labute approximate surface area is 124 Å². The molecule has 0 aliphatic carbocycles. The Balaban J connectivity index is 2.21. The lowest BCUT2D eigenvalue weighted by Gasteiger charge is -2.20. The van der Waals surface area contributed by atoms with Gasteiger partial charge in [-0.2, -0.15) is 0 Å². The molecule has 1 atom stereocenters. The van der Waals surface area contributed by atoms with Gasteiger partial charge in [-0.3, -0.25) is 4.79 Å². The first-order valence-electron chi connectivity index (χ1n) is 6.86. The van der Waals surface area contributed by atoms with Crippen LogP contribution in [0.3, 0.4) is 0 Å². The fourth-order valence-corrected chi connectivity index (χ4v) is 2.22. The SMILES string of the molecule is COc1ccccc1C(CCO)NC(=O)c1ccccc1. The number of hydrogen-bond acceptors (Lipinski definition) is 3. The minimum Gasteiger partial charge on any atom is -0.496 e. The van der Waals surface area contributed by atoms with E-state index in [-0.39, 0.29) is 18.6 Å². The normalized spacial score (nSPS) is 11.7. The maximum Gasteiger partial charge on any atom is 0.251 e. The molecule has 0 saturated carbocycles. The second-order valence-electron chi connectivity index (χ2n) is 4.65. The molecule has 0 radical (unpaired) electrons. The number of aliphatic hydroxyl groups is 1. The summed E-state index contributed by atoms with van der Waals surface area (Å²) in [6, 6.07) is 16.2. The third-order valence-electron chi connectivity index (χ3n) is 3.27. The van der Waals surface area contributed by atoms with Crippen molar-refractivity contribution >= 4 is 5.91 Å². The van der Waals surface area contributed by atoms with Crippen LogP contribution in [0.2, 0.25) is 0 Å². The molecule has 2 N–H and O–H groups in total. The maximum atomic E-state index is 12.3. The van der Waals surface area contributed by atoms with Gasteiger partial charge in [0.2, 0.25) is 0 Å². The number of carbonyl (C=O) groups excluding carboxylic acids is 1. The Morgan fingerprint density at radius 3 is 2.48 bits per heavy atom. The molecule has 2 aromatic carbocycles. The van der Waals surface area contributed by atoms with E-state index >= 15 is 0 Å². The van der Waals surface area contributed by atoms with Crippen molar-refractivity contribution in [3.63, 3.8) is 0 Å². The number of aliphatic hydroxyl groups excluding tert-OH is 1. The van der Waals surface area contributed by atoms with Crippen LogP contribution in [0.4, 0.5) is 0 Å². The summed E-state index contributed by atoms with van der Waals surface area (Å²) >= 11 is 0. The lowest BCUT2D eigenvalue weighted by molar-refractivity contribution is 0.0929. The molecule has 0 aromatic heterocycles. The molecule has 0 aliphatic heterocycles. The molecule has 0 spiro atoms. The van der Waals surface area contributed by atoms with E-state index in [4.69, 9.17) is 4.74 Å². The molecular weight excluding hydrogens is 266 g/mol. The summed E-state index contributed by atoms with van der Waals surface area (Å²) in [4.78, 5) is 12.3. The van der Waals surface area contributed by atoms with E-state index in [1.165, 1.54) is 0 Å². The van der Waals surface area contributed by atoms with Crippen LogP contribution in [0.5, 0.6) is 5.75 Å². The van der Waals surface area contributed by atoms with Gasteiger partial charge in [-0.25, -0.2) is 0 Å². The van der Waals surface area contributed by atoms with E-state index in [1.54, 1.807) is 19.2 Å². The molecule has 4 heteroatoms. The van der Waals surface area contributed by atoms with Crippen LogP contribution in [0.15, 0.2) is 54.6 Å². The standard InChI is InChI=1S/C17H19NO3/c1-21-16-10-6-5-9-14(16)15(11-12-19)18-17(20)13-7-3-2-4-8-13/h2-10,15,19H,11-12H2,1H3,(H,18,20). The van der Waals surface area contributed by atoms with Gasteiger partial charge >= 0.3 is 0 Å². The Bertz CT molecular complexity index is 584. The topological polar surface area (TPSA) is 58.6 Å². The third-order valence-corrected chi connectivity index (χ3v) is 3.27. The molecule has 1 amide bonds. The number of ether oxygens (including phenoxy) is 1. The monoisotopic (exact) mass is 285 g/mol. The van der Waals surface area contributed by atoms with Gasteiger partial charge in [0.05, 0.1) is 13.2 Å². The van der Waals surface area contributed by atoms with Crippen LogP contribution >= 0.6 is 0 Å². The van der Waals surface area contributed by atoms with Crippen molar-refractivity contribution < 1.29 is 14.6 Å². The largest absolute Gasteiger partial charge is 0.496 e. The summed E-state index contributed by atoms with van der Waals surface area (Å²) in [7, 11) is 1.59. The van der Waals surface area contributed by atoms with Crippen molar-refractivity contribution in [3.8, 4) is 5.75 Å². The van der Waals surface area contributed by atoms with Crippen LogP contribution in [-0.2, 0) is 0 Å². The molecule has 0 bridgehead atoms. The predicted octanol–water partition coefficient (Wildman–Crippen LogP) is 2.55. The number of hydrogen-bond donors (Lipinski definition) is 2. The number of para-hydroxylation sites is 1. The van der Waals surface area contributed by atoms with E-state index in [2.05, 4.69) is 5.32 Å². The molecule has 2 aromatic rings. The van der Waals surface area contributed by atoms with Crippen LogP contribution in [-0.4, -0.2) is 24.7 Å². The maximum absolute atomic E-state index is 12.3. The Morgan fingerprint density at radius 1 is 1.14 bits per heavy atom. The summed E-state index contributed by atoms with van der Waals surface area (Å²) in [6.45, 7) is -0.0161. The van der Waals surface area contributed by atoms with Crippen molar-refractivity contribution in [2.24, 2.45) is 0 Å². The minimum atomic E-state index is -0.293. The van der Waals surface area contributed by atoms with E-state index in [9.17, 15) is 9.90 Å². The molecule has 0 fully saturated rings. The number of carbonyl (C=O) groups is 1. The van der Waals surface area contributed by atoms with Gasteiger partial charge in [-0.05, 0) is 24.6 Å². The predicted molar refractivity (Wildman–Crippen MR) is 81.3 cm³/mol. The molecule has 4 nitrogen and oxygen atoms in total. The van der Waals surface area contributed by atoms with Crippen molar-refractivity contribution in [1.29, 1.82) is 0 Å². The quantitative estimate of drug-likeness (QED) is 0.857. The zero-order valence-electron chi connectivity index (χ0n) is 12.0. The third kappa shape index (κ3) is 3.83. The Hall–Kier alpha value is -2.33. The molecule has 0 heterocycles. The van der Waals surface area contributed by atoms with E-state index in [0.29, 0.717) is 17.7 Å². The highest BCUT2D eigenvalue weighted by atomic mass is 16.5. The zero-order valence-corrected chi connectivity index (χ0v) is 12.0. The number of rotatable bonds is 6. The van der Waals surface area contributed by atoms with E-state index in [0.717, 1.165) is 5.56 Å². The number of amides is 1. The van der Waals surface area contributed by atoms with Crippen molar-refractivity contribution in [2.75, 3.05) is 13.7 Å². The van der Waals surface area contributed by atoms with Gasteiger partial charge < -0.3 is 15.2 Å². The smallest absolute Gasteiger partial charge is 0.251 e. The highest BCUT2D eigenvalue weighted by Crippen LogP contribution is 2.27. The fraction of sp³-hybridized carbons (Fsp3) is 0.235. The summed E-state index contributed by atoms with van der Waals surface area (Å²) in [5.41, 5.74) is 1.45. The molecule has 2 rings (SSSR count). The molecule has 0 saturated heterocycles. The van der Waals surface area contributed by atoms with Crippen molar-refractivity contribution in [3.05, 3.63) is 65.7 Å². The summed E-state index contributed by atoms with van der Waals surface area (Å²) in [6.07, 6.45) is 0.430. The van der Waals surface area contributed by atoms with Crippen molar-refractivity contribution in [1.82, 2.24) is 5.32 Å². The average Bonchev–Trinajstić information content (AvgIpc) is 2.55. The summed E-state index contributed by atoms with van der Waals surface area (Å²) in [5, 5.41) is 12.2. The van der Waals surface area contributed by atoms with Gasteiger partial charge in [-0.1, -0.05) is 36.4 Å². The highest BCUT2D eigenvalue weighted by Gasteiger charge is 2.18. The van der Waals surface area contributed by atoms with Gasteiger partial charge in [0.25, 0.3) is 5.91 Å². The van der Waals surface area contributed by atoms with E-state index in [1.807, 2.05) is 42.5 Å².